The number of hydrogen-bond donors (Lipinski definition) is 2. The Balaban J connectivity index is 1.90. The van der Waals surface area contributed by atoms with Crippen molar-refractivity contribution < 1.29 is 13.3 Å². The van der Waals surface area contributed by atoms with E-state index < -0.39 is 20.6 Å². The molecule has 0 aliphatic carbocycles. The minimum atomic E-state index is -4.02. The predicted octanol–water partition coefficient (Wildman–Crippen LogP) is 4.24. The molecule has 1 aromatic heterocycles. The predicted molar refractivity (Wildman–Crippen MR) is 120 cm³/mol. The van der Waals surface area contributed by atoms with Crippen LogP contribution in [0, 0.1) is 24.0 Å². The summed E-state index contributed by atoms with van der Waals surface area (Å²) in [7, 11) is -4.02. The Kier molecular flexibility index (Phi) is 6.30. The van der Waals surface area contributed by atoms with Gasteiger partial charge in [-0.1, -0.05) is 23.8 Å². The minimum absolute atomic E-state index is 0.0609. The zero-order chi connectivity index (χ0) is 22.6. The molecule has 1 heterocycles. The van der Waals surface area contributed by atoms with Gasteiger partial charge in [-0.15, -0.1) is 0 Å². The van der Waals surface area contributed by atoms with Gasteiger partial charge < -0.3 is 0 Å². The summed E-state index contributed by atoms with van der Waals surface area (Å²) in [6.45, 7) is 5.38. The van der Waals surface area contributed by atoms with Gasteiger partial charge in [0.1, 0.15) is 5.69 Å². The first-order valence-corrected chi connectivity index (χ1v) is 10.8. The normalized spacial score (nSPS) is 11.8. The number of sulfonamides is 1. The molecule has 160 valence electrons. The van der Waals surface area contributed by atoms with E-state index in [9.17, 15) is 18.5 Å². The van der Waals surface area contributed by atoms with Gasteiger partial charge in [0.25, 0.3) is 15.7 Å². The highest BCUT2D eigenvalue weighted by molar-refractivity contribution is 7.92. The van der Waals surface area contributed by atoms with Crippen molar-refractivity contribution in [1.29, 1.82) is 0 Å². The number of hydrogen-bond acceptors (Lipinski definition) is 7. The van der Waals surface area contributed by atoms with Crippen LogP contribution >= 0.6 is 0 Å². The molecule has 3 aromatic rings. The van der Waals surface area contributed by atoms with Gasteiger partial charge in [0.05, 0.1) is 26.9 Å². The maximum absolute atomic E-state index is 12.8. The molecule has 0 saturated heterocycles. The van der Waals surface area contributed by atoms with Crippen molar-refractivity contribution in [1.82, 2.24) is 4.98 Å². The summed E-state index contributed by atoms with van der Waals surface area (Å²) < 4.78 is 28.1. The molecule has 0 bridgehead atoms. The number of aromatic nitrogens is 1. The fourth-order valence-corrected chi connectivity index (χ4v) is 3.98. The van der Waals surface area contributed by atoms with Crippen LogP contribution in [0.3, 0.4) is 0 Å². The second-order valence-corrected chi connectivity index (χ2v) is 8.57. The maximum Gasteiger partial charge on any atom is 0.295 e. The average Bonchev–Trinajstić information content (AvgIpc) is 2.74. The van der Waals surface area contributed by atoms with Gasteiger partial charge in [-0.05, 0) is 56.7 Å². The van der Waals surface area contributed by atoms with Crippen LogP contribution in [0.1, 0.15) is 23.7 Å². The van der Waals surface area contributed by atoms with Gasteiger partial charge in [-0.2, -0.15) is 5.10 Å². The highest BCUT2D eigenvalue weighted by atomic mass is 32.2. The molecule has 0 radical (unpaired) electrons. The monoisotopic (exact) mass is 439 g/mol. The van der Waals surface area contributed by atoms with Crippen LogP contribution in [0.2, 0.25) is 0 Å². The van der Waals surface area contributed by atoms with Gasteiger partial charge in [-0.3, -0.25) is 25.2 Å². The number of pyridine rings is 1. The summed E-state index contributed by atoms with van der Waals surface area (Å²) in [6.07, 6.45) is 1.61. The highest BCUT2D eigenvalue weighted by Gasteiger charge is 2.22. The first kappa shape index (κ1) is 21.9. The zero-order valence-corrected chi connectivity index (χ0v) is 18.0. The zero-order valence-electron chi connectivity index (χ0n) is 17.2. The number of anilines is 2. The number of nitro groups is 1. The standard InChI is InChI=1S/C21H21N5O4S/c1-14-7-9-18(15(2)12-14)25-31(29,30)17-8-10-20(21(13-17)26(27)28)24-23-16(3)19-6-4-5-11-22-19/h4-13,24-25H,1-3H3. The number of nitrogens with zero attached hydrogens (tertiary/aromatic N) is 3. The SMILES string of the molecule is CC(=NNc1ccc(S(=O)(=O)Nc2ccc(C)cc2C)cc1[N+](=O)[O-])c1ccccn1. The molecule has 0 unspecified atom stereocenters. The van der Waals surface area contributed by atoms with Crippen LogP contribution in [-0.4, -0.2) is 24.0 Å². The summed E-state index contributed by atoms with van der Waals surface area (Å²) >= 11 is 0. The van der Waals surface area contributed by atoms with E-state index in [1.807, 2.05) is 13.0 Å². The van der Waals surface area contributed by atoms with Crippen LogP contribution in [0.5, 0.6) is 0 Å². The van der Waals surface area contributed by atoms with Crippen molar-refractivity contribution in [3.8, 4) is 0 Å². The van der Waals surface area contributed by atoms with E-state index in [2.05, 4.69) is 20.2 Å². The third-order valence-electron chi connectivity index (χ3n) is 4.48. The third kappa shape index (κ3) is 5.23. The minimum Gasteiger partial charge on any atom is -0.279 e. The summed E-state index contributed by atoms with van der Waals surface area (Å²) in [5.74, 6) is 0. The number of benzene rings is 2. The Hall–Kier alpha value is -3.79. The van der Waals surface area contributed by atoms with Crippen molar-refractivity contribution in [3.63, 3.8) is 0 Å². The maximum atomic E-state index is 12.8. The Bertz CT molecular complexity index is 1260. The van der Waals surface area contributed by atoms with Crippen LogP contribution in [0.25, 0.3) is 0 Å². The van der Waals surface area contributed by atoms with E-state index in [0.717, 1.165) is 17.2 Å². The second-order valence-electron chi connectivity index (χ2n) is 6.88. The largest absolute Gasteiger partial charge is 0.295 e. The van der Waals surface area contributed by atoms with Gasteiger partial charge in [0, 0.05) is 12.3 Å². The van der Waals surface area contributed by atoms with E-state index in [0.29, 0.717) is 17.1 Å². The van der Waals surface area contributed by atoms with Crippen LogP contribution in [-0.2, 0) is 10.0 Å². The third-order valence-corrected chi connectivity index (χ3v) is 5.85. The smallest absolute Gasteiger partial charge is 0.279 e. The van der Waals surface area contributed by atoms with Crippen LogP contribution < -0.4 is 10.1 Å². The molecule has 0 atom stereocenters. The lowest BCUT2D eigenvalue weighted by Gasteiger charge is -2.12. The van der Waals surface area contributed by atoms with Gasteiger partial charge >= 0.3 is 0 Å². The van der Waals surface area contributed by atoms with Gasteiger partial charge in [0.15, 0.2) is 0 Å². The van der Waals surface area contributed by atoms with E-state index >= 15 is 0 Å². The molecule has 0 fully saturated rings. The second kappa shape index (κ2) is 8.92. The molecule has 3 rings (SSSR count). The molecule has 10 heteroatoms. The van der Waals surface area contributed by atoms with Gasteiger partial charge in [-0.25, -0.2) is 8.42 Å². The lowest BCUT2D eigenvalue weighted by molar-refractivity contribution is -0.384. The molecule has 2 aromatic carbocycles. The molecule has 2 N–H and O–H groups in total. The molecule has 31 heavy (non-hydrogen) atoms. The number of rotatable bonds is 7. The van der Waals surface area contributed by atoms with Crippen molar-refractivity contribution in [2.75, 3.05) is 10.1 Å². The number of nitrogens with one attached hydrogen (secondary N) is 2. The Morgan fingerprint density at radius 2 is 1.81 bits per heavy atom. The van der Waals surface area contributed by atoms with Crippen molar-refractivity contribution in [2.24, 2.45) is 5.10 Å². The average molecular weight is 439 g/mol. The van der Waals surface area contributed by atoms with E-state index in [-0.39, 0.29) is 10.6 Å². The summed E-state index contributed by atoms with van der Waals surface area (Å²) in [5, 5.41) is 15.7. The molecule has 0 aliphatic heterocycles. The van der Waals surface area contributed by atoms with Crippen molar-refractivity contribution in [3.05, 3.63) is 87.7 Å². The molecular formula is C21H21N5O4S. The quantitative estimate of drug-likeness (QED) is 0.322. The Labute approximate surface area is 180 Å². The topological polar surface area (TPSA) is 127 Å². The molecular weight excluding hydrogens is 418 g/mol. The lowest BCUT2D eigenvalue weighted by atomic mass is 10.1. The van der Waals surface area contributed by atoms with E-state index in [1.165, 1.54) is 12.1 Å². The summed E-state index contributed by atoms with van der Waals surface area (Å²) in [5.41, 5.74) is 5.54. The Morgan fingerprint density at radius 3 is 2.45 bits per heavy atom. The number of aryl methyl sites for hydroxylation is 2. The molecule has 9 nitrogen and oxygen atoms in total. The fourth-order valence-electron chi connectivity index (χ4n) is 2.83. The first-order valence-electron chi connectivity index (χ1n) is 9.27. The first-order chi connectivity index (χ1) is 14.7. The summed E-state index contributed by atoms with van der Waals surface area (Å²) in [4.78, 5) is 14.8. The Morgan fingerprint density at radius 1 is 1.06 bits per heavy atom. The molecule has 0 spiro atoms. The highest BCUT2D eigenvalue weighted by Crippen LogP contribution is 2.29. The number of hydrazone groups is 1. The van der Waals surface area contributed by atoms with E-state index in [4.69, 9.17) is 0 Å². The molecule has 0 saturated carbocycles. The number of nitro benzene ring substituents is 1. The van der Waals surface area contributed by atoms with Crippen molar-refractivity contribution in [2.45, 2.75) is 25.7 Å². The molecule has 0 amide bonds. The fraction of sp³-hybridized carbons (Fsp3) is 0.143. The van der Waals surface area contributed by atoms with Crippen molar-refractivity contribution >= 4 is 32.8 Å². The van der Waals surface area contributed by atoms with Gasteiger partial charge in [0.2, 0.25) is 0 Å². The molecule has 0 aliphatic rings. The lowest BCUT2D eigenvalue weighted by Crippen LogP contribution is -2.14. The summed E-state index contributed by atoms with van der Waals surface area (Å²) in [6, 6.07) is 14.2. The van der Waals surface area contributed by atoms with Crippen LogP contribution in [0.15, 0.2) is 70.8 Å². The van der Waals surface area contributed by atoms with E-state index in [1.54, 1.807) is 50.4 Å². The van der Waals surface area contributed by atoms with Crippen LogP contribution in [0.4, 0.5) is 17.1 Å².